The molecule has 172 valence electrons. The van der Waals surface area contributed by atoms with Gasteiger partial charge in [0.05, 0.1) is 5.56 Å². The molecule has 3 aromatic rings. The normalized spacial score (nSPS) is 12.8. The van der Waals surface area contributed by atoms with Crippen molar-refractivity contribution in [3.63, 3.8) is 0 Å². The van der Waals surface area contributed by atoms with Crippen LogP contribution in [0.1, 0.15) is 21.5 Å². The highest BCUT2D eigenvalue weighted by molar-refractivity contribution is 6.00. The molecular weight excluding hydrogens is 436 g/mol. The van der Waals surface area contributed by atoms with Crippen LogP contribution in [0, 0.1) is 0 Å². The summed E-state index contributed by atoms with van der Waals surface area (Å²) < 4.78 is 10.6. The molecule has 0 aliphatic carbocycles. The zero-order valence-electron chi connectivity index (χ0n) is 18.1. The molecule has 1 heterocycles. The second-order valence-electron chi connectivity index (χ2n) is 7.57. The molecule has 0 bridgehead atoms. The first-order chi connectivity index (χ1) is 16.5. The van der Waals surface area contributed by atoms with Gasteiger partial charge in [-0.2, -0.15) is 0 Å². The van der Waals surface area contributed by atoms with E-state index in [1.807, 2.05) is 30.3 Å². The van der Waals surface area contributed by atoms with Gasteiger partial charge in [0.2, 0.25) is 18.6 Å². The lowest BCUT2D eigenvalue weighted by atomic mass is 10.0. The minimum Gasteiger partial charge on any atom is -0.478 e. The van der Waals surface area contributed by atoms with Crippen molar-refractivity contribution in [2.75, 3.05) is 12.1 Å². The van der Waals surface area contributed by atoms with Crippen LogP contribution < -0.4 is 20.1 Å². The van der Waals surface area contributed by atoms with Crippen LogP contribution in [0.4, 0.5) is 5.69 Å². The number of carboxylic acid groups (broad SMARTS) is 1. The number of aromatic carboxylic acids is 1. The van der Waals surface area contributed by atoms with Gasteiger partial charge in [0, 0.05) is 18.2 Å². The molecule has 1 aliphatic heterocycles. The summed E-state index contributed by atoms with van der Waals surface area (Å²) in [4.78, 5) is 36.6. The predicted molar refractivity (Wildman–Crippen MR) is 126 cm³/mol. The quantitative estimate of drug-likeness (QED) is 0.445. The van der Waals surface area contributed by atoms with E-state index in [1.165, 1.54) is 30.3 Å². The monoisotopic (exact) mass is 458 g/mol. The van der Waals surface area contributed by atoms with E-state index < -0.39 is 23.8 Å². The predicted octanol–water partition coefficient (Wildman–Crippen LogP) is 3.49. The first-order valence-electron chi connectivity index (χ1n) is 10.5. The standard InChI is InChI=1S/C26H22N2O6/c29-24(13-7-18-6-12-22-23(15-18)34-16-33-22)28-21(14-17-4-2-1-3-5-17)25(30)27-20-10-8-19(9-11-20)26(31)32/h1-13,15,21H,14,16H2,(H,27,30)(H,28,29)(H,31,32)/b13-7+/t21-/m0/s1. The minimum atomic E-state index is -1.05. The van der Waals surface area contributed by atoms with Gasteiger partial charge < -0.3 is 25.2 Å². The molecule has 3 aromatic carbocycles. The van der Waals surface area contributed by atoms with Crippen molar-refractivity contribution in [2.45, 2.75) is 12.5 Å². The highest BCUT2D eigenvalue weighted by Crippen LogP contribution is 2.32. The fourth-order valence-electron chi connectivity index (χ4n) is 3.39. The molecule has 0 unspecified atom stereocenters. The van der Waals surface area contributed by atoms with Crippen LogP contribution in [-0.2, 0) is 16.0 Å². The maximum Gasteiger partial charge on any atom is 0.335 e. The largest absolute Gasteiger partial charge is 0.478 e. The van der Waals surface area contributed by atoms with Gasteiger partial charge in [-0.3, -0.25) is 9.59 Å². The Hall–Kier alpha value is -4.59. The molecule has 8 nitrogen and oxygen atoms in total. The third-order valence-corrected chi connectivity index (χ3v) is 5.14. The number of hydrogen-bond donors (Lipinski definition) is 3. The smallest absolute Gasteiger partial charge is 0.335 e. The topological polar surface area (TPSA) is 114 Å². The number of carbonyl (C=O) groups excluding carboxylic acids is 2. The number of ether oxygens (including phenoxy) is 2. The van der Waals surface area contributed by atoms with Crippen molar-refractivity contribution in [2.24, 2.45) is 0 Å². The molecule has 0 fully saturated rings. The van der Waals surface area contributed by atoms with Crippen molar-refractivity contribution >= 4 is 29.5 Å². The zero-order chi connectivity index (χ0) is 23.9. The number of carboxylic acids is 1. The lowest BCUT2D eigenvalue weighted by Gasteiger charge is -2.18. The van der Waals surface area contributed by atoms with E-state index in [4.69, 9.17) is 14.6 Å². The molecular formula is C26H22N2O6. The van der Waals surface area contributed by atoms with Crippen LogP contribution in [0.5, 0.6) is 11.5 Å². The van der Waals surface area contributed by atoms with Gasteiger partial charge in [-0.15, -0.1) is 0 Å². The highest BCUT2D eigenvalue weighted by Gasteiger charge is 2.21. The Kier molecular flexibility index (Phi) is 6.88. The Labute approximate surface area is 195 Å². The Morgan fingerprint density at radius 3 is 2.41 bits per heavy atom. The van der Waals surface area contributed by atoms with E-state index in [-0.39, 0.29) is 18.8 Å². The number of nitrogens with one attached hydrogen (secondary N) is 2. The molecule has 34 heavy (non-hydrogen) atoms. The molecule has 1 aliphatic rings. The first kappa shape index (κ1) is 22.6. The maximum atomic E-state index is 13.0. The number of benzene rings is 3. The second-order valence-corrected chi connectivity index (χ2v) is 7.57. The third-order valence-electron chi connectivity index (χ3n) is 5.14. The summed E-state index contributed by atoms with van der Waals surface area (Å²) in [6.45, 7) is 0.165. The number of fused-ring (bicyclic) bond motifs is 1. The Balaban J connectivity index is 1.45. The molecule has 1 atom stereocenters. The molecule has 0 aromatic heterocycles. The summed E-state index contributed by atoms with van der Waals surface area (Å²) in [5, 5.41) is 14.5. The Morgan fingerprint density at radius 2 is 1.68 bits per heavy atom. The molecule has 0 spiro atoms. The molecule has 0 saturated heterocycles. The zero-order valence-corrected chi connectivity index (χ0v) is 18.1. The molecule has 0 radical (unpaired) electrons. The van der Waals surface area contributed by atoms with Crippen molar-refractivity contribution in [3.05, 3.63) is 95.6 Å². The first-order valence-corrected chi connectivity index (χ1v) is 10.5. The van der Waals surface area contributed by atoms with Gasteiger partial charge in [0.15, 0.2) is 11.5 Å². The van der Waals surface area contributed by atoms with Gasteiger partial charge in [0.25, 0.3) is 0 Å². The summed E-state index contributed by atoms with van der Waals surface area (Å²) in [6, 6.07) is 19.6. The van der Waals surface area contributed by atoms with E-state index in [9.17, 15) is 14.4 Å². The minimum absolute atomic E-state index is 0.112. The average Bonchev–Trinajstić information content (AvgIpc) is 3.31. The number of hydrogen-bond acceptors (Lipinski definition) is 5. The summed E-state index contributed by atoms with van der Waals surface area (Å²) in [5.41, 5.74) is 2.17. The molecule has 4 rings (SSSR count). The average molecular weight is 458 g/mol. The van der Waals surface area contributed by atoms with Crippen molar-refractivity contribution in [1.29, 1.82) is 0 Å². The van der Waals surface area contributed by atoms with Crippen molar-refractivity contribution in [1.82, 2.24) is 5.32 Å². The van der Waals surface area contributed by atoms with Gasteiger partial charge in [-0.25, -0.2) is 4.79 Å². The number of anilines is 1. The number of carbonyl (C=O) groups is 3. The van der Waals surface area contributed by atoms with Crippen LogP contribution in [0.3, 0.4) is 0 Å². The van der Waals surface area contributed by atoms with Crippen LogP contribution in [0.25, 0.3) is 6.08 Å². The van der Waals surface area contributed by atoms with Crippen LogP contribution in [0.2, 0.25) is 0 Å². The van der Waals surface area contributed by atoms with E-state index in [0.29, 0.717) is 17.2 Å². The summed E-state index contributed by atoms with van der Waals surface area (Å²) in [6.07, 6.45) is 3.26. The summed E-state index contributed by atoms with van der Waals surface area (Å²) in [7, 11) is 0. The van der Waals surface area contributed by atoms with Crippen molar-refractivity contribution < 1.29 is 29.0 Å². The van der Waals surface area contributed by atoms with E-state index in [2.05, 4.69) is 10.6 Å². The lowest BCUT2D eigenvalue weighted by molar-refractivity contribution is -0.123. The van der Waals surface area contributed by atoms with E-state index in [0.717, 1.165) is 11.1 Å². The van der Waals surface area contributed by atoms with Gasteiger partial charge >= 0.3 is 5.97 Å². The molecule has 3 N–H and O–H groups in total. The van der Waals surface area contributed by atoms with E-state index in [1.54, 1.807) is 24.3 Å². The third kappa shape index (κ3) is 5.80. The van der Waals surface area contributed by atoms with Crippen LogP contribution in [0.15, 0.2) is 78.9 Å². The molecule has 2 amide bonds. The SMILES string of the molecule is O=C(/C=C/c1ccc2c(c1)OCO2)N[C@@H](Cc1ccccc1)C(=O)Nc1ccc(C(=O)O)cc1. The van der Waals surface area contributed by atoms with Gasteiger partial charge in [-0.1, -0.05) is 36.4 Å². The second kappa shape index (κ2) is 10.4. The summed E-state index contributed by atoms with van der Waals surface area (Å²) in [5.74, 6) is -0.650. The molecule has 8 heteroatoms. The van der Waals surface area contributed by atoms with Crippen LogP contribution in [-0.4, -0.2) is 35.7 Å². The van der Waals surface area contributed by atoms with Gasteiger partial charge in [0.1, 0.15) is 6.04 Å². The van der Waals surface area contributed by atoms with Crippen molar-refractivity contribution in [3.8, 4) is 11.5 Å². The fraction of sp³-hybridized carbons (Fsp3) is 0.115. The number of rotatable bonds is 8. The van der Waals surface area contributed by atoms with Crippen LogP contribution >= 0.6 is 0 Å². The maximum absolute atomic E-state index is 13.0. The lowest BCUT2D eigenvalue weighted by Crippen LogP contribution is -2.44. The van der Waals surface area contributed by atoms with Gasteiger partial charge in [-0.05, 0) is 53.6 Å². The van der Waals surface area contributed by atoms with E-state index >= 15 is 0 Å². The highest BCUT2D eigenvalue weighted by atomic mass is 16.7. The molecule has 0 saturated carbocycles. The Bertz CT molecular complexity index is 1220. The summed E-state index contributed by atoms with van der Waals surface area (Å²) >= 11 is 0. The fourth-order valence-corrected chi connectivity index (χ4v) is 3.39. The number of amides is 2. The Morgan fingerprint density at radius 1 is 0.941 bits per heavy atom.